The van der Waals surface area contributed by atoms with Crippen molar-refractivity contribution in [3.8, 4) is 12.1 Å². The Morgan fingerprint density at radius 1 is 1.10 bits per heavy atom. The lowest BCUT2D eigenvalue weighted by molar-refractivity contribution is -0.384. The van der Waals surface area contributed by atoms with Crippen molar-refractivity contribution < 1.29 is 19.9 Å². The molecule has 2 rings (SSSR count). The van der Waals surface area contributed by atoms with E-state index in [0.717, 1.165) is 12.1 Å². The first-order chi connectivity index (χ1) is 14.9. The van der Waals surface area contributed by atoms with Gasteiger partial charge in [0.15, 0.2) is 0 Å². The Balaban J connectivity index is 2.51. The molecule has 0 aliphatic rings. The molecular formula is C19H15IN6O5. The maximum absolute atomic E-state index is 12.1. The number of aliphatic hydroxyl groups is 2. The normalized spacial score (nSPS) is 10.5. The van der Waals surface area contributed by atoms with E-state index in [9.17, 15) is 35.6 Å². The second-order valence-electron chi connectivity index (χ2n) is 5.98. The third kappa shape index (κ3) is 5.79. The minimum absolute atomic E-state index is 0.121. The standard InChI is InChI=1S/C19H15IN6O5/c20-19(29)16-9-14(1-2-17(16)25(3-5-27)4-6-28)23-24-18-12(10-21)7-15(26(30)31)8-13(18)11-22/h1-2,7-9,27-28H,3-6H2. The van der Waals surface area contributed by atoms with Crippen LogP contribution in [0.1, 0.15) is 21.5 Å². The highest BCUT2D eigenvalue weighted by molar-refractivity contribution is 14.1. The Morgan fingerprint density at radius 3 is 2.13 bits per heavy atom. The van der Waals surface area contributed by atoms with E-state index < -0.39 is 10.6 Å². The number of nitrogens with zero attached hydrogens (tertiary/aromatic N) is 6. The van der Waals surface area contributed by atoms with Crippen LogP contribution in [0.2, 0.25) is 0 Å². The molecule has 0 unspecified atom stereocenters. The van der Waals surface area contributed by atoms with Gasteiger partial charge in [0.1, 0.15) is 17.8 Å². The topological polar surface area (TPSA) is 176 Å². The maximum atomic E-state index is 12.1. The van der Waals surface area contributed by atoms with Gasteiger partial charge in [0, 0.05) is 53.5 Å². The molecule has 2 aromatic carbocycles. The number of nitro groups is 1. The number of rotatable bonds is 9. The molecule has 0 aromatic heterocycles. The second-order valence-corrected chi connectivity index (χ2v) is 6.96. The second kappa shape index (κ2) is 11.1. The van der Waals surface area contributed by atoms with Gasteiger partial charge >= 0.3 is 0 Å². The molecule has 0 aliphatic heterocycles. The molecule has 0 heterocycles. The van der Waals surface area contributed by atoms with E-state index in [1.165, 1.54) is 12.1 Å². The van der Waals surface area contributed by atoms with Gasteiger partial charge in [0.2, 0.25) is 3.79 Å². The van der Waals surface area contributed by atoms with Gasteiger partial charge in [-0.1, -0.05) is 0 Å². The molecule has 0 radical (unpaired) electrons. The third-order valence-corrected chi connectivity index (χ3v) is 4.67. The van der Waals surface area contributed by atoms with Crippen molar-refractivity contribution >= 4 is 49.1 Å². The first-order valence-corrected chi connectivity index (χ1v) is 9.79. The molecule has 0 atom stereocenters. The van der Waals surface area contributed by atoms with E-state index in [-0.39, 0.29) is 58.2 Å². The smallest absolute Gasteiger partial charge is 0.272 e. The number of non-ortho nitro benzene ring substituents is 1. The molecule has 0 saturated heterocycles. The molecule has 0 amide bonds. The molecule has 31 heavy (non-hydrogen) atoms. The zero-order valence-corrected chi connectivity index (χ0v) is 18.1. The molecule has 11 nitrogen and oxygen atoms in total. The largest absolute Gasteiger partial charge is 0.395 e. The van der Waals surface area contributed by atoms with Crippen LogP contribution in [0, 0.1) is 32.8 Å². The zero-order valence-electron chi connectivity index (χ0n) is 15.9. The molecular weight excluding hydrogens is 519 g/mol. The van der Waals surface area contributed by atoms with E-state index in [0.29, 0.717) is 5.69 Å². The highest BCUT2D eigenvalue weighted by Crippen LogP contribution is 2.32. The van der Waals surface area contributed by atoms with Crippen LogP contribution in [-0.4, -0.2) is 45.2 Å². The summed E-state index contributed by atoms with van der Waals surface area (Å²) in [4.78, 5) is 24.0. The van der Waals surface area contributed by atoms with E-state index in [4.69, 9.17) is 0 Å². The van der Waals surface area contributed by atoms with Crippen molar-refractivity contribution in [2.75, 3.05) is 31.2 Å². The number of nitriles is 2. The molecule has 0 aliphatic carbocycles. The number of nitro benzene ring substituents is 1. The minimum Gasteiger partial charge on any atom is -0.395 e. The summed E-state index contributed by atoms with van der Waals surface area (Å²) < 4.78 is -0.309. The maximum Gasteiger partial charge on any atom is 0.272 e. The highest BCUT2D eigenvalue weighted by Gasteiger charge is 2.18. The fraction of sp³-hybridized carbons (Fsp3) is 0.211. The van der Waals surface area contributed by atoms with Gasteiger partial charge < -0.3 is 15.1 Å². The van der Waals surface area contributed by atoms with E-state index in [1.54, 1.807) is 45.7 Å². The van der Waals surface area contributed by atoms with Gasteiger partial charge in [0.05, 0.1) is 40.5 Å². The Morgan fingerprint density at radius 2 is 1.68 bits per heavy atom. The monoisotopic (exact) mass is 534 g/mol. The average molecular weight is 534 g/mol. The lowest BCUT2D eigenvalue weighted by Gasteiger charge is -2.24. The first-order valence-electron chi connectivity index (χ1n) is 8.71. The van der Waals surface area contributed by atoms with Crippen LogP contribution in [0.25, 0.3) is 0 Å². The Kier molecular flexibility index (Phi) is 8.51. The van der Waals surface area contributed by atoms with E-state index >= 15 is 0 Å². The predicted octanol–water partition coefficient (Wildman–Crippen LogP) is 3.12. The van der Waals surface area contributed by atoms with Gasteiger partial charge in [0.25, 0.3) is 5.69 Å². The summed E-state index contributed by atoms with van der Waals surface area (Å²) in [7, 11) is 0. The average Bonchev–Trinajstić information content (AvgIpc) is 2.76. The summed E-state index contributed by atoms with van der Waals surface area (Å²) in [5.74, 6) is 0. The van der Waals surface area contributed by atoms with Crippen LogP contribution in [0.4, 0.5) is 22.7 Å². The summed E-state index contributed by atoms with van der Waals surface area (Å²) in [6.07, 6.45) is 0. The molecule has 0 bridgehead atoms. The van der Waals surface area contributed by atoms with Crippen LogP contribution >= 0.6 is 22.6 Å². The number of anilines is 1. The predicted molar refractivity (Wildman–Crippen MR) is 118 cm³/mol. The van der Waals surface area contributed by atoms with Crippen LogP contribution < -0.4 is 4.90 Å². The number of carbonyl (C=O) groups excluding carboxylic acids is 1. The van der Waals surface area contributed by atoms with Crippen LogP contribution in [0.15, 0.2) is 40.6 Å². The number of hydrogen-bond acceptors (Lipinski definition) is 10. The number of benzene rings is 2. The van der Waals surface area contributed by atoms with Gasteiger partial charge in [-0.2, -0.15) is 15.6 Å². The van der Waals surface area contributed by atoms with Crippen molar-refractivity contribution in [3.63, 3.8) is 0 Å². The Labute approximate surface area is 190 Å². The van der Waals surface area contributed by atoms with Gasteiger partial charge in [-0.15, -0.1) is 5.11 Å². The van der Waals surface area contributed by atoms with Crippen molar-refractivity contribution in [3.05, 3.63) is 57.1 Å². The van der Waals surface area contributed by atoms with Crippen molar-refractivity contribution in [1.82, 2.24) is 0 Å². The van der Waals surface area contributed by atoms with Crippen molar-refractivity contribution in [2.45, 2.75) is 0 Å². The van der Waals surface area contributed by atoms with Crippen LogP contribution in [0.3, 0.4) is 0 Å². The van der Waals surface area contributed by atoms with Gasteiger partial charge in [-0.05, 0) is 18.2 Å². The molecule has 12 heteroatoms. The van der Waals surface area contributed by atoms with E-state index in [2.05, 4.69) is 10.2 Å². The molecule has 158 valence electrons. The molecule has 0 fully saturated rings. The minimum atomic E-state index is -0.718. The summed E-state index contributed by atoms with van der Waals surface area (Å²) >= 11 is 1.60. The zero-order chi connectivity index (χ0) is 23.0. The fourth-order valence-electron chi connectivity index (χ4n) is 2.72. The molecule has 0 saturated carbocycles. The molecule has 0 spiro atoms. The van der Waals surface area contributed by atoms with Gasteiger partial charge in [-0.25, -0.2) is 0 Å². The van der Waals surface area contributed by atoms with Crippen molar-refractivity contribution in [1.29, 1.82) is 10.5 Å². The van der Waals surface area contributed by atoms with Crippen molar-refractivity contribution in [2.24, 2.45) is 10.2 Å². The lowest BCUT2D eigenvalue weighted by atomic mass is 10.1. The summed E-state index contributed by atoms with van der Waals surface area (Å²) in [5, 5.41) is 55.9. The summed E-state index contributed by atoms with van der Waals surface area (Å²) in [6, 6.07) is 10.1. The number of halogens is 1. The van der Waals surface area contributed by atoms with Crippen LogP contribution in [0.5, 0.6) is 0 Å². The van der Waals surface area contributed by atoms with Crippen LogP contribution in [-0.2, 0) is 0 Å². The lowest BCUT2D eigenvalue weighted by Crippen LogP contribution is -2.30. The molecule has 2 aromatic rings. The highest BCUT2D eigenvalue weighted by atomic mass is 127. The fourth-order valence-corrected chi connectivity index (χ4v) is 3.16. The third-order valence-electron chi connectivity index (χ3n) is 4.08. The summed E-state index contributed by atoms with van der Waals surface area (Å²) in [5.41, 5.74) is 0.0896. The van der Waals surface area contributed by atoms with E-state index in [1.807, 2.05) is 0 Å². The number of carbonyl (C=O) groups is 1. The number of azo groups is 1. The van der Waals surface area contributed by atoms with Gasteiger partial charge in [-0.3, -0.25) is 14.9 Å². The quantitative estimate of drug-likeness (QED) is 0.162. The Bertz CT molecular complexity index is 1080. The number of aliphatic hydroxyl groups excluding tert-OH is 2. The number of hydrogen-bond donors (Lipinski definition) is 2. The SMILES string of the molecule is N#Cc1cc([N+](=O)[O-])cc(C#N)c1N=Nc1ccc(N(CCO)CCO)c(C(=O)I)c1. The molecule has 2 N–H and O–H groups in total. The summed E-state index contributed by atoms with van der Waals surface area (Å²) in [6.45, 7) is 0.0606. The Hall–Kier alpha value is -3.46. The first kappa shape index (κ1) is 23.8.